The molecular formula is C25H21NO4. The van der Waals surface area contributed by atoms with Crippen molar-refractivity contribution in [3.63, 3.8) is 0 Å². The van der Waals surface area contributed by atoms with Crippen molar-refractivity contribution in [2.45, 2.75) is 13.0 Å². The van der Waals surface area contributed by atoms with E-state index in [0.717, 1.165) is 21.5 Å². The first-order chi connectivity index (χ1) is 14.6. The molecule has 0 saturated carbocycles. The van der Waals surface area contributed by atoms with Crippen LogP contribution >= 0.6 is 0 Å². The second-order valence-corrected chi connectivity index (χ2v) is 6.96. The molecule has 0 aromatic heterocycles. The van der Waals surface area contributed by atoms with Gasteiger partial charge in [-0.3, -0.25) is 4.79 Å². The van der Waals surface area contributed by atoms with Gasteiger partial charge in [-0.1, -0.05) is 60.7 Å². The van der Waals surface area contributed by atoms with E-state index in [9.17, 15) is 9.59 Å². The number of methoxy groups -OCH3 is 1. The van der Waals surface area contributed by atoms with E-state index in [1.54, 1.807) is 19.1 Å². The molecule has 0 unspecified atom stereocenters. The molecule has 5 nitrogen and oxygen atoms in total. The van der Waals surface area contributed by atoms with E-state index < -0.39 is 18.0 Å². The highest BCUT2D eigenvalue weighted by molar-refractivity contribution is 6.05. The zero-order valence-electron chi connectivity index (χ0n) is 16.7. The van der Waals surface area contributed by atoms with E-state index in [2.05, 4.69) is 5.32 Å². The van der Waals surface area contributed by atoms with Crippen molar-refractivity contribution in [3.8, 4) is 5.75 Å². The van der Waals surface area contributed by atoms with Crippen LogP contribution in [-0.4, -0.2) is 25.1 Å². The van der Waals surface area contributed by atoms with Gasteiger partial charge in [-0.25, -0.2) is 4.79 Å². The summed E-state index contributed by atoms with van der Waals surface area (Å²) in [5.74, 6) is -0.613. The molecule has 4 aromatic rings. The van der Waals surface area contributed by atoms with Crippen LogP contribution < -0.4 is 10.1 Å². The summed E-state index contributed by atoms with van der Waals surface area (Å²) in [4.78, 5) is 25.4. The van der Waals surface area contributed by atoms with Crippen molar-refractivity contribution >= 4 is 39.1 Å². The summed E-state index contributed by atoms with van der Waals surface area (Å²) in [6.45, 7) is 1.55. The third-order valence-electron chi connectivity index (χ3n) is 4.99. The summed E-state index contributed by atoms with van der Waals surface area (Å²) in [5.41, 5.74) is 0.949. The number of carbonyl (C=O) groups excluding carboxylic acids is 2. The maximum Gasteiger partial charge on any atom is 0.342 e. The molecule has 0 saturated heterocycles. The van der Waals surface area contributed by atoms with Gasteiger partial charge in [0.15, 0.2) is 6.10 Å². The van der Waals surface area contributed by atoms with Crippen LogP contribution in [0.2, 0.25) is 0 Å². The molecule has 0 heterocycles. The fourth-order valence-electron chi connectivity index (χ4n) is 3.39. The number of nitrogens with one attached hydrogen (secondary N) is 1. The molecule has 30 heavy (non-hydrogen) atoms. The van der Waals surface area contributed by atoms with E-state index in [1.165, 1.54) is 7.11 Å². The number of hydrogen-bond acceptors (Lipinski definition) is 4. The molecule has 0 bridgehead atoms. The zero-order valence-corrected chi connectivity index (χ0v) is 16.7. The summed E-state index contributed by atoms with van der Waals surface area (Å²) < 4.78 is 10.8. The molecule has 0 aliphatic rings. The van der Waals surface area contributed by atoms with Gasteiger partial charge >= 0.3 is 5.97 Å². The third kappa shape index (κ3) is 3.82. The number of carbonyl (C=O) groups is 2. The highest BCUT2D eigenvalue weighted by atomic mass is 16.5. The Labute approximate surface area is 174 Å². The quantitative estimate of drug-likeness (QED) is 0.469. The number of hydrogen-bond donors (Lipinski definition) is 1. The van der Waals surface area contributed by atoms with Crippen LogP contribution in [0.3, 0.4) is 0 Å². The van der Waals surface area contributed by atoms with Crippen LogP contribution in [0.5, 0.6) is 5.75 Å². The molecule has 0 spiro atoms. The third-order valence-corrected chi connectivity index (χ3v) is 4.99. The van der Waals surface area contributed by atoms with Crippen molar-refractivity contribution in [2.75, 3.05) is 12.4 Å². The van der Waals surface area contributed by atoms with Crippen LogP contribution in [0.4, 0.5) is 5.69 Å². The zero-order chi connectivity index (χ0) is 21.1. The molecule has 1 N–H and O–H groups in total. The van der Waals surface area contributed by atoms with Crippen LogP contribution in [0.1, 0.15) is 17.3 Å². The van der Waals surface area contributed by atoms with E-state index in [4.69, 9.17) is 9.47 Å². The summed E-state index contributed by atoms with van der Waals surface area (Å²) in [6.07, 6.45) is -0.979. The van der Waals surface area contributed by atoms with Crippen molar-refractivity contribution in [3.05, 3.63) is 84.4 Å². The molecular weight excluding hydrogens is 378 g/mol. The number of anilines is 1. The van der Waals surface area contributed by atoms with Crippen LogP contribution in [0, 0.1) is 0 Å². The Morgan fingerprint density at radius 1 is 0.833 bits per heavy atom. The SMILES string of the molecule is COc1cc2ccccc2cc1C(=O)O[C@@H](C)C(=O)Nc1cccc2ccccc12. The molecule has 0 aliphatic carbocycles. The van der Waals surface area contributed by atoms with E-state index in [0.29, 0.717) is 11.4 Å². The minimum Gasteiger partial charge on any atom is -0.496 e. The molecule has 4 rings (SSSR count). The summed E-state index contributed by atoms with van der Waals surface area (Å²) >= 11 is 0. The molecule has 5 heteroatoms. The van der Waals surface area contributed by atoms with Crippen molar-refractivity contribution in [1.29, 1.82) is 0 Å². The number of esters is 1. The molecule has 1 atom stereocenters. The van der Waals surface area contributed by atoms with Crippen molar-refractivity contribution in [1.82, 2.24) is 0 Å². The van der Waals surface area contributed by atoms with Crippen molar-refractivity contribution in [2.24, 2.45) is 0 Å². The monoisotopic (exact) mass is 399 g/mol. The first-order valence-corrected chi connectivity index (χ1v) is 9.63. The van der Waals surface area contributed by atoms with Gasteiger partial charge in [-0.05, 0) is 41.3 Å². The van der Waals surface area contributed by atoms with Gasteiger partial charge in [0.2, 0.25) is 0 Å². The minimum absolute atomic E-state index is 0.279. The average Bonchev–Trinajstić information content (AvgIpc) is 2.78. The summed E-state index contributed by atoms with van der Waals surface area (Å²) in [7, 11) is 1.50. The molecule has 0 fully saturated rings. The minimum atomic E-state index is -0.979. The topological polar surface area (TPSA) is 64.6 Å². The predicted molar refractivity (Wildman–Crippen MR) is 118 cm³/mol. The smallest absolute Gasteiger partial charge is 0.342 e. The Kier molecular flexibility index (Phi) is 5.35. The first kappa shape index (κ1) is 19.5. The normalized spacial score (nSPS) is 11.8. The summed E-state index contributed by atoms with van der Waals surface area (Å²) in [6, 6.07) is 24.6. The Balaban J connectivity index is 1.53. The first-order valence-electron chi connectivity index (χ1n) is 9.63. The summed E-state index contributed by atoms with van der Waals surface area (Å²) in [5, 5.41) is 6.63. The van der Waals surface area contributed by atoms with E-state index in [1.807, 2.05) is 66.7 Å². The van der Waals surface area contributed by atoms with E-state index >= 15 is 0 Å². The number of rotatable bonds is 5. The number of benzene rings is 4. The van der Waals surface area contributed by atoms with Gasteiger partial charge in [-0.2, -0.15) is 0 Å². The lowest BCUT2D eigenvalue weighted by Crippen LogP contribution is -2.30. The maximum absolute atomic E-state index is 12.8. The number of amides is 1. The molecule has 4 aromatic carbocycles. The van der Waals surface area contributed by atoms with Crippen LogP contribution in [0.15, 0.2) is 78.9 Å². The van der Waals surface area contributed by atoms with Gasteiger partial charge in [-0.15, -0.1) is 0 Å². The highest BCUT2D eigenvalue weighted by Gasteiger charge is 2.22. The molecule has 1 amide bonds. The number of ether oxygens (including phenoxy) is 2. The fraction of sp³-hybridized carbons (Fsp3) is 0.120. The van der Waals surface area contributed by atoms with Gasteiger partial charge in [0.1, 0.15) is 11.3 Å². The van der Waals surface area contributed by atoms with Crippen molar-refractivity contribution < 1.29 is 19.1 Å². The maximum atomic E-state index is 12.8. The Morgan fingerprint density at radius 2 is 1.47 bits per heavy atom. The lowest BCUT2D eigenvalue weighted by atomic mass is 10.1. The molecule has 150 valence electrons. The van der Waals surface area contributed by atoms with Gasteiger partial charge in [0.25, 0.3) is 5.91 Å². The van der Waals surface area contributed by atoms with Gasteiger partial charge in [0, 0.05) is 11.1 Å². The second kappa shape index (κ2) is 8.25. The standard InChI is InChI=1S/C25H21NO4/c1-16(24(27)26-22-13-7-11-17-8-5-6-12-20(17)22)30-25(28)21-14-18-9-3-4-10-19(18)15-23(21)29-2/h3-16H,1-2H3,(H,26,27)/t16-/m0/s1. The second-order valence-electron chi connectivity index (χ2n) is 6.96. The van der Waals surface area contributed by atoms with Gasteiger partial charge < -0.3 is 14.8 Å². The Hall–Kier alpha value is -3.86. The average molecular weight is 399 g/mol. The Morgan fingerprint density at radius 3 is 2.20 bits per heavy atom. The molecule has 0 radical (unpaired) electrons. The Bertz CT molecular complexity index is 1240. The largest absolute Gasteiger partial charge is 0.496 e. The lowest BCUT2D eigenvalue weighted by Gasteiger charge is -2.16. The van der Waals surface area contributed by atoms with E-state index in [-0.39, 0.29) is 5.56 Å². The fourth-order valence-corrected chi connectivity index (χ4v) is 3.39. The predicted octanol–water partition coefficient (Wildman–Crippen LogP) is 5.19. The number of fused-ring (bicyclic) bond motifs is 2. The highest BCUT2D eigenvalue weighted by Crippen LogP contribution is 2.27. The van der Waals surface area contributed by atoms with Gasteiger partial charge in [0.05, 0.1) is 7.11 Å². The molecule has 0 aliphatic heterocycles. The lowest BCUT2D eigenvalue weighted by molar-refractivity contribution is -0.123. The van der Waals surface area contributed by atoms with Crippen LogP contribution in [0.25, 0.3) is 21.5 Å². The van der Waals surface area contributed by atoms with Crippen LogP contribution in [-0.2, 0) is 9.53 Å².